The lowest BCUT2D eigenvalue weighted by Gasteiger charge is -2.11. The molecule has 0 fully saturated rings. The summed E-state index contributed by atoms with van der Waals surface area (Å²) < 4.78 is 37.8. The van der Waals surface area contributed by atoms with E-state index in [1.54, 1.807) is 37.3 Å². The maximum atomic E-state index is 12.8. The fraction of sp³-hybridized carbons (Fsp3) is 0.208. The highest BCUT2D eigenvalue weighted by Crippen LogP contribution is 2.22. The Labute approximate surface area is 197 Å². The Morgan fingerprint density at radius 2 is 1.62 bits per heavy atom. The van der Waals surface area contributed by atoms with Crippen molar-refractivity contribution in [3.63, 3.8) is 0 Å². The zero-order chi connectivity index (χ0) is 25.0. The summed E-state index contributed by atoms with van der Waals surface area (Å²) in [6.45, 7) is 3.09. The van der Waals surface area contributed by atoms with Crippen LogP contribution in [-0.4, -0.2) is 51.5 Å². The maximum Gasteiger partial charge on any atom is 0.338 e. The van der Waals surface area contributed by atoms with Crippen molar-refractivity contribution in [2.75, 3.05) is 20.8 Å². The van der Waals surface area contributed by atoms with E-state index in [0.717, 1.165) is 11.4 Å². The first kappa shape index (κ1) is 24.9. The number of methoxy groups -OCH3 is 1. The summed E-state index contributed by atoms with van der Waals surface area (Å²) in [7, 11) is -1.15. The quantitative estimate of drug-likeness (QED) is 0.385. The van der Waals surface area contributed by atoms with Crippen molar-refractivity contribution in [3.05, 3.63) is 82.7 Å². The largest absolute Gasteiger partial charge is 0.465 e. The van der Waals surface area contributed by atoms with Crippen LogP contribution in [0.2, 0.25) is 0 Å². The van der Waals surface area contributed by atoms with Crippen LogP contribution >= 0.6 is 0 Å². The number of nitrogens with one attached hydrogen (secondary N) is 1. The van der Waals surface area contributed by atoms with Crippen LogP contribution in [0.3, 0.4) is 0 Å². The van der Waals surface area contributed by atoms with Gasteiger partial charge < -0.3 is 14.0 Å². The van der Waals surface area contributed by atoms with Gasteiger partial charge in [0.2, 0.25) is 15.8 Å². The van der Waals surface area contributed by atoms with E-state index in [9.17, 15) is 22.8 Å². The van der Waals surface area contributed by atoms with Crippen LogP contribution in [0, 0.1) is 13.8 Å². The Balaban J connectivity index is 1.76. The molecule has 0 saturated heterocycles. The van der Waals surface area contributed by atoms with E-state index < -0.39 is 34.4 Å². The zero-order valence-corrected chi connectivity index (χ0v) is 19.9. The van der Waals surface area contributed by atoms with Gasteiger partial charge in [0.05, 0.1) is 23.1 Å². The molecule has 1 aromatic heterocycles. The third-order valence-electron chi connectivity index (χ3n) is 5.26. The summed E-state index contributed by atoms with van der Waals surface area (Å²) in [5, 5.41) is 0. The molecular formula is C24H24N2O7S. The standard InChI is InChI=1S/C24H24N2O7S/c1-15-12-21(16(2)26(15)19-10-8-17(9-11-19)23(28)32-4)22(27)14-33-24(29)18-6-5-7-20(13-18)34(30,31)25-3/h5-13,25H,14H2,1-4H3. The topological polar surface area (TPSA) is 121 Å². The Bertz CT molecular complexity index is 1360. The maximum absolute atomic E-state index is 12.8. The van der Waals surface area contributed by atoms with E-state index >= 15 is 0 Å². The molecule has 34 heavy (non-hydrogen) atoms. The summed E-state index contributed by atoms with van der Waals surface area (Å²) in [5.41, 5.74) is 2.98. The first-order chi connectivity index (χ1) is 16.1. The van der Waals surface area contributed by atoms with Gasteiger partial charge in [0.25, 0.3) is 0 Å². The summed E-state index contributed by atoms with van der Waals surface area (Å²) in [6, 6.07) is 13.8. The number of aryl methyl sites for hydroxylation is 1. The molecule has 0 bridgehead atoms. The minimum Gasteiger partial charge on any atom is -0.465 e. The lowest BCUT2D eigenvalue weighted by atomic mass is 10.1. The first-order valence-corrected chi connectivity index (χ1v) is 11.7. The number of esters is 2. The molecule has 0 unspecified atom stereocenters. The number of sulfonamides is 1. The molecule has 0 aliphatic heterocycles. The highest BCUT2D eigenvalue weighted by Gasteiger charge is 2.20. The first-order valence-electron chi connectivity index (χ1n) is 10.2. The van der Waals surface area contributed by atoms with Gasteiger partial charge in [-0.25, -0.2) is 22.7 Å². The predicted molar refractivity (Wildman–Crippen MR) is 124 cm³/mol. The average Bonchev–Trinajstić information content (AvgIpc) is 3.15. The van der Waals surface area contributed by atoms with E-state index in [0.29, 0.717) is 16.8 Å². The van der Waals surface area contributed by atoms with Crippen LogP contribution in [0.1, 0.15) is 42.5 Å². The SMILES string of the molecule is CNS(=O)(=O)c1cccc(C(=O)OCC(=O)c2cc(C)n(-c3ccc(C(=O)OC)cc3)c2C)c1. The molecule has 9 nitrogen and oxygen atoms in total. The molecule has 0 aliphatic carbocycles. The second-order valence-electron chi connectivity index (χ2n) is 7.39. The number of aromatic nitrogens is 1. The Hall–Kier alpha value is -3.76. The van der Waals surface area contributed by atoms with Gasteiger partial charge in [-0.1, -0.05) is 6.07 Å². The number of benzene rings is 2. The average molecular weight is 485 g/mol. The number of rotatable bonds is 8. The van der Waals surface area contributed by atoms with Gasteiger partial charge in [-0.2, -0.15) is 0 Å². The monoisotopic (exact) mass is 484 g/mol. The van der Waals surface area contributed by atoms with Gasteiger partial charge in [0.15, 0.2) is 6.61 Å². The number of hydrogen-bond acceptors (Lipinski definition) is 7. The van der Waals surface area contributed by atoms with Crippen LogP contribution in [0.15, 0.2) is 59.5 Å². The second-order valence-corrected chi connectivity index (χ2v) is 9.28. The van der Waals surface area contributed by atoms with E-state index in [2.05, 4.69) is 4.72 Å². The minimum absolute atomic E-state index is 0.0142. The number of hydrogen-bond donors (Lipinski definition) is 1. The number of Topliss-reactive ketones (excluding diaryl/α,β-unsaturated/α-hetero) is 1. The predicted octanol–water partition coefficient (Wildman–Crippen LogP) is 2.83. The van der Waals surface area contributed by atoms with Crippen LogP contribution in [0.4, 0.5) is 0 Å². The third kappa shape index (κ3) is 5.08. The third-order valence-corrected chi connectivity index (χ3v) is 6.67. The highest BCUT2D eigenvalue weighted by molar-refractivity contribution is 7.89. The molecule has 3 aromatic rings. The molecule has 0 saturated carbocycles. The van der Waals surface area contributed by atoms with Crippen molar-refractivity contribution in [1.29, 1.82) is 0 Å². The lowest BCUT2D eigenvalue weighted by molar-refractivity contribution is 0.0474. The summed E-state index contributed by atoms with van der Waals surface area (Å²) in [4.78, 5) is 36.8. The van der Waals surface area contributed by atoms with E-state index in [1.165, 1.54) is 38.4 Å². The number of ether oxygens (including phenoxy) is 2. The second kappa shape index (κ2) is 10.0. The Morgan fingerprint density at radius 3 is 2.24 bits per heavy atom. The summed E-state index contributed by atoms with van der Waals surface area (Å²) in [6.07, 6.45) is 0. The van der Waals surface area contributed by atoms with E-state index in [-0.39, 0.29) is 10.5 Å². The molecule has 0 radical (unpaired) electrons. The van der Waals surface area contributed by atoms with Crippen LogP contribution < -0.4 is 4.72 Å². The van der Waals surface area contributed by atoms with Gasteiger partial charge in [0.1, 0.15) is 0 Å². The molecule has 0 spiro atoms. The zero-order valence-electron chi connectivity index (χ0n) is 19.1. The van der Waals surface area contributed by atoms with Gasteiger partial charge >= 0.3 is 11.9 Å². The number of carbonyl (C=O) groups is 3. The van der Waals surface area contributed by atoms with Gasteiger partial charge in [-0.05, 0) is 69.4 Å². The summed E-state index contributed by atoms with van der Waals surface area (Å²) >= 11 is 0. The summed E-state index contributed by atoms with van der Waals surface area (Å²) in [5.74, 6) is -1.66. The van der Waals surface area contributed by atoms with Crippen molar-refractivity contribution >= 4 is 27.7 Å². The Kier molecular flexibility index (Phi) is 7.33. The number of ketones is 1. The molecule has 1 heterocycles. The van der Waals surface area contributed by atoms with Crippen molar-refractivity contribution in [2.45, 2.75) is 18.7 Å². The van der Waals surface area contributed by atoms with Gasteiger partial charge in [0, 0.05) is 22.6 Å². The minimum atomic E-state index is -3.72. The fourth-order valence-electron chi connectivity index (χ4n) is 3.51. The molecule has 1 N–H and O–H groups in total. The highest BCUT2D eigenvalue weighted by atomic mass is 32.2. The van der Waals surface area contributed by atoms with Crippen LogP contribution in [0.25, 0.3) is 5.69 Å². The number of carbonyl (C=O) groups excluding carboxylic acids is 3. The molecule has 0 atom stereocenters. The van der Waals surface area contributed by atoms with E-state index in [4.69, 9.17) is 9.47 Å². The molecule has 0 aliphatic rings. The van der Waals surface area contributed by atoms with Gasteiger partial charge in [-0.3, -0.25) is 4.79 Å². The molecule has 178 valence electrons. The molecule has 3 rings (SSSR count). The lowest BCUT2D eigenvalue weighted by Crippen LogP contribution is -2.19. The normalized spacial score (nSPS) is 11.2. The van der Waals surface area contributed by atoms with Crippen molar-refractivity contribution < 1.29 is 32.3 Å². The molecular weight excluding hydrogens is 460 g/mol. The molecule has 10 heteroatoms. The molecule has 2 aromatic carbocycles. The van der Waals surface area contributed by atoms with Crippen molar-refractivity contribution in [2.24, 2.45) is 0 Å². The van der Waals surface area contributed by atoms with Crippen molar-refractivity contribution in [1.82, 2.24) is 9.29 Å². The van der Waals surface area contributed by atoms with Crippen LogP contribution in [0.5, 0.6) is 0 Å². The van der Waals surface area contributed by atoms with Gasteiger partial charge in [-0.15, -0.1) is 0 Å². The van der Waals surface area contributed by atoms with Crippen molar-refractivity contribution in [3.8, 4) is 5.69 Å². The smallest absolute Gasteiger partial charge is 0.338 e. The number of nitrogens with zero attached hydrogens (tertiary/aromatic N) is 1. The van der Waals surface area contributed by atoms with Crippen LogP contribution in [-0.2, 0) is 19.5 Å². The molecule has 0 amide bonds. The van der Waals surface area contributed by atoms with E-state index in [1.807, 2.05) is 11.5 Å². The Morgan fingerprint density at radius 1 is 0.941 bits per heavy atom. The fourth-order valence-corrected chi connectivity index (χ4v) is 4.28.